The second-order valence-electron chi connectivity index (χ2n) is 10.4. The molecule has 1 N–H and O–H groups in total. The number of hydrogen-bond acceptors (Lipinski definition) is 2. The van der Waals surface area contributed by atoms with E-state index < -0.39 is 5.60 Å². The van der Waals surface area contributed by atoms with E-state index in [1.54, 1.807) is 0 Å². The van der Waals surface area contributed by atoms with Crippen LogP contribution >= 0.6 is 15.9 Å². The molecule has 2 fully saturated rings. The third-order valence-electron chi connectivity index (χ3n) is 6.85. The minimum atomic E-state index is -1.11. The van der Waals surface area contributed by atoms with E-state index in [1.807, 2.05) is 54.6 Å². The molecule has 2 aromatic rings. The van der Waals surface area contributed by atoms with Crippen LogP contribution in [0.2, 0.25) is 0 Å². The van der Waals surface area contributed by atoms with Crippen molar-refractivity contribution >= 4 is 15.9 Å². The first-order valence-electron chi connectivity index (χ1n) is 10.9. The lowest BCUT2D eigenvalue weighted by atomic mass is 9.65. The summed E-state index contributed by atoms with van der Waals surface area (Å²) in [5.41, 5.74) is 1.50. The molecule has 2 aromatic carbocycles. The molecular weight excluding hydrogens is 434 g/mol. The van der Waals surface area contributed by atoms with Crippen LogP contribution in [0.25, 0.3) is 0 Å². The highest BCUT2D eigenvalue weighted by Gasteiger charge is 2.49. The Kier molecular flexibility index (Phi) is 5.88. The summed E-state index contributed by atoms with van der Waals surface area (Å²) in [5, 5.41) is 11.7. The Morgan fingerprint density at radius 1 is 1.00 bits per heavy atom. The molecule has 1 aliphatic carbocycles. The number of benzene rings is 2. The van der Waals surface area contributed by atoms with Gasteiger partial charge in [-0.15, -0.1) is 0 Å². The molecule has 3 atom stereocenters. The van der Waals surface area contributed by atoms with Crippen LogP contribution in [0, 0.1) is 22.7 Å². The Hall–Kier alpha value is -1.60. The molecular formula is C27H32BrNO. The second kappa shape index (κ2) is 8.15. The molecule has 2 aliphatic rings. The van der Waals surface area contributed by atoms with Gasteiger partial charge >= 0.3 is 0 Å². The Morgan fingerprint density at radius 3 is 2.37 bits per heavy atom. The summed E-state index contributed by atoms with van der Waals surface area (Å²) in [7, 11) is 0. The zero-order valence-electron chi connectivity index (χ0n) is 18.3. The quantitative estimate of drug-likeness (QED) is 0.561. The van der Waals surface area contributed by atoms with Crippen molar-refractivity contribution in [1.82, 2.24) is 4.90 Å². The number of likely N-dealkylation sites (tertiary alicyclic amines) is 1. The molecule has 0 spiro atoms. The van der Waals surface area contributed by atoms with Gasteiger partial charge in [-0.3, -0.25) is 4.90 Å². The maximum atomic E-state index is 11.7. The van der Waals surface area contributed by atoms with Crippen molar-refractivity contribution in [2.75, 3.05) is 13.1 Å². The van der Waals surface area contributed by atoms with E-state index in [9.17, 15) is 5.11 Å². The van der Waals surface area contributed by atoms with Gasteiger partial charge in [0.05, 0.1) is 6.54 Å². The lowest BCUT2D eigenvalue weighted by Crippen LogP contribution is -2.34. The molecule has 158 valence electrons. The van der Waals surface area contributed by atoms with Gasteiger partial charge in [-0.2, -0.15) is 0 Å². The van der Waals surface area contributed by atoms with Gasteiger partial charge in [-0.05, 0) is 53.4 Å². The molecule has 0 radical (unpaired) electrons. The summed E-state index contributed by atoms with van der Waals surface area (Å²) in [4.78, 5) is 2.57. The highest BCUT2D eigenvalue weighted by atomic mass is 79.9. The third kappa shape index (κ3) is 4.52. The van der Waals surface area contributed by atoms with Crippen molar-refractivity contribution < 1.29 is 5.11 Å². The van der Waals surface area contributed by atoms with Gasteiger partial charge in [0, 0.05) is 23.5 Å². The summed E-state index contributed by atoms with van der Waals surface area (Å²) in [6.45, 7) is 9.19. The zero-order valence-corrected chi connectivity index (χ0v) is 19.9. The number of fused-ring (bicyclic) bond motifs is 2. The van der Waals surface area contributed by atoms with Gasteiger partial charge in [0.1, 0.15) is 5.60 Å². The van der Waals surface area contributed by atoms with Crippen LogP contribution in [0.4, 0.5) is 0 Å². The molecule has 1 saturated heterocycles. The van der Waals surface area contributed by atoms with E-state index in [4.69, 9.17) is 0 Å². The first kappa shape index (κ1) is 21.6. The molecule has 1 aliphatic heterocycles. The SMILES string of the molecule is CC1(C)C[C@H]2C[C@@](C)(CN2CC#CC[C@@](O)(c2ccccc2)c2ccc(Br)cc2)C1. The summed E-state index contributed by atoms with van der Waals surface area (Å²) in [6.07, 6.45) is 4.25. The van der Waals surface area contributed by atoms with E-state index in [1.165, 1.54) is 19.3 Å². The van der Waals surface area contributed by atoms with E-state index in [0.717, 1.165) is 28.7 Å². The first-order valence-corrected chi connectivity index (χ1v) is 11.7. The van der Waals surface area contributed by atoms with E-state index in [-0.39, 0.29) is 0 Å². The lowest BCUT2D eigenvalue weighted by molar-refractivity contribution is 0.0864. The summed E-state index contributed by atoms with van der Waals surface area (Å²) in [6, 6.07) is 18.4. The van der Waals surface area contributed by atoms with Gasteiger partial charge in [0.15, 0.2) is 0 Å². The average molecular weight is 466 g/mol. The summed E-state index contributed by atoms with van der Waals surface area (Å²) < 4.78 is 1.00. The van der Waals surface area contributed by atoms with Crippen LogP contribution in [-0.2, 0) is 5.60 Å². The van der Waals surface area contributed by atoms with Crippen molar-refractivity contribution in [3.8, 4) is 11.8 Å². The predicted octanol–water partition coefficient (Wildman–Crippen LogP) is 5.98. The minimum Gasteiger partial charge on any atom is -0.379 e. The van der Waals surface area contributed by atoms with Crippen LogP contribution in [0.5, 0.6) is 0 Å². The van der Waals surface area contributed by atoms with E-state index in [0.29, 0.717) is 23.3 Å². The monoisotopic (exact) mass is 465 g/mol. The number of hydrogen-bond donors (Lipinski definition) is 1. The minimum absolute atomic E-state index is 0.389. The maximum absolute atomic E-state index is 11.7. The second-order valence-corrected chi connectivity index (χ2v) is 11.3. The number of halogens is 1. The summed E-state index contributed by atoms with van der Waals surface area (Å²) in [5.74, 6) is 6.72. The lowest BCUT2D eigenvalue weighted by Gasteiger charge is -2.39. The molecule has 0 aromatic heterocycles. The third-order valence-corrected chi connectivity index (χ3v) is 7.38. The highest BCUT2D eigenvalue weighted by molar-refractivity contribution is 9.10. The van der Waals surface area contributed by atoms with E-state index in [2.05, 4.69) is 53.4 Å². The van der Waals surface area contributed by atoms with Crippen molar-refractivity contribution in [3.63, 3.8) is 0 Å². The zero-order chi connectivity index (χ0) is 21.4. The number of nitrogens with zero attached hydrogens (tertiary/aromatic N) is 1. The maximum Gasteiger partial charge on any atom is 0.125 e. The largest absolute Gasteiger partial charge is 0.379 e. The van der Waals surface area contributed by atoms with Gasteiger partial charge in [-0.1, -0.05) is 91.0 Å². The Labute approximate surface area is 189 Å². The highest BCUT2D eigenvalue weighted by Crippen LogP contribution is 2.52. The number of aliphatic hydroxyl groups is 1. The van der Waals surface area contributed by atoms with E-state index >= 15 is 0 Å². The van der Waals surface area contributed by atoms with Gasteiger partial charge in [0.2, 0.25) is 0 Å². The molecule has 4 rings (SSSR count). The van der Waals surface area contributed by atoms with Gasteiger partial charge < -0.3 is 5.11 Å². The van der Waals surface area contributed by atoms with Crippen molar-refractivity contribution in [2.24, 2.45) is 10.8 Å². The van der Waals surface area contributed by atoms with Crippen LogP contribution in [0.3, 0.4) is 0 Å². The molecule has 0 unspecified atom stereocenters. The fourth-order valence-corrected chi connectivity index (χ4v) is 6.18. The van der Waals surface area contributed by atoms with Crippen molar-refractivity contribution in [2.45, 2.75) is 58.1 Å². The van der Waals surface area contributed by atoms with Crippen LogP contribution in [0.1, 0.15) is 57.6 Å². The summed E-state index contributed by atoms with van der Waals surface area (Å²) >= 11 is 3.49. The number of rotatable bonds is 4. The van der Waals surface area contributed by atoms with Crippen LogP contribution in [-0.4, -0.2) is 29.1 Å². The molecule has 30 heavy (non-hydrogen) atoms. The predicted molar refractivity (Wildman–Crippen MR) is 127 cm³/mol. The molecule has 2 bridgehead atoms. The van der Waals surface area contributed by atoms with Gasteiger partial charge in [-0.25, -0.2) is 0 Å². The Morgan fingerprint density at radius 2 is 1.67 bits per heavy atom. The molecule has 2 nitrogen and oxygen atoms in total. The molecule has 1 saturated carbocycles. The Bertz CT molecular complexity index is 942. The molecule has 0 amide bonds. The van der Waals surface area contributed by atoms with Crippen molar-refractivity contribution in [3.05, 3.63) is 70.2 Å². The molecule has 3 heteroatoms. The fraction of sp³-hybridized carbons (Fsp3) is 0.481. The first-order chi connectivity index (χ1) is 14.2. The average Bonchev–Trinajstić information content (AvgIpc) is 2.94. The Balaban J connectivity index is 1.51. The normalized spacial score (nSPS) is 27.2. The topological polar surface area (TPSA) is 23.5 Å². The smallest absolute Gasteiger partial charge is 0.125 e. The standard InChI is InChI=1S/C27H32BrNO/c1-25(2)17-24-18-26(3,19-25)20-29(24)16-8-7-15-27(30,21-9-5-4-6-10-21)22-11-13-23(28)14-12-22/h4-6,9-14,24,30H,15-20H2,1-3H3/t24-,26+,27+/m0/s1. The van der Waals surface area contributed by atoms with Crippen LogP contribution in [0.15, 0.2) is 59.1 Å². The fourth-order valence-electron chi connectivity index (χ4n) is 5.92. The van der Waals surface area contributed by atoms with Crippen LogP contribution < -0.4 is 0 Å². The van der Waals surface area contributed by atoms with Crippen molar-refractivity contribution in [1.29, 1.82) is 0 Å². The van der Waals surface area contributed by atoms with Gasteiger partial charge in [0.25, 0.3) is 0 Å². The molecule has 1 heterocycles.